The van der Waals surface area contributed by atoms with Crippen LogP contribution in [0.15, 0.2) is 24.3 Å². The number of hydrogen-bond donors (Lipinski definition) is 1. The molecule has 1 aliphatic heterocycles. The van der Waals surface area contributed by atoms with E-state index in [1.165, 1.54) is 5.56 Å². The Labute approximate surface area is 130 Å². The maximum absolute atomic E-state index is 12.6. The summed E-state index contributed by atoms with van der Waals surface area (Å²) in [6, 6.07) is 8.01. The molecule has 0 bridgehead atoms. The van der Waals surface area contributed by atoms with Gasteiger partial charge in [0.05, 0.1) is 11.8 Å². The maximum atomic E-state index is 12.6. The lowest BCUT2D eigenvalue weighted by Gasteiger charge is -2.17. The number of para-hydroxylation sites is 1. The van der Waals surface area contributed by atoms with E-state index in [9.17, 15) is 9.59 Å². The fraction of sp³-hybridized carbons (Fsp3) is 0.529. The van der Waals surface area contributed by atoms with Crippen LogP contribution in [0.1, 0.15) is 18.4 Å². The third-order valence-corrected chi connectivity index (χ3v) is 4.42. The van der Waals surface area contributed by atoms with Crippen molar-refractivity contribution in [3.05, 3.63) is 29.8 Å². The fourth-order valence-electron chi connectivity index (χ4n) is 3.08. The van der Waals surface area contributed by atoms with Crippen LogP contribution in [0.3, 0.4) is 0 Å². The predicted octanol–water partition coefficient (Wildman–Crippen LogP) is 1.36. The summed E-state index contributed by atoms with van der Waals surface area (Å²) in [7, 11) is 1.64. The van der Waals surface area contributed by atoms with Gasteiger partial charge in [0.15, 0.2) is 0 Å². The van der Waals surface area contributed by atoms with E-state index in [0.29, 0.717) is 19.6 Å². The van der Waals surface area contributed by atoms with Crippen LogP contribution in [0.5, 0.6) is 0 Å². The average Bonchev–Trinajstić information content (AvgIpc) is 3.23. The summed E-state index contributed by atoms with van der Waals surface area (Å²) in [5, 5.41) is 2.88. The molecule has 0 saturated heterocycles. The molecule has 2 unspecified atom stereocenters. The lowest BCUT2D eigenvalue weighted by atomic mass is 10.2. The number of nitrogens with one attached hydrogen (secondary N) is 1. The summed E-state index contributed by atoms with van der Waals surface area (Å²) in [5.74, 6) is -0.194. The Hall–Kier alpha value is -1.88. The Morgan fingerprint density at radius 3 is 2.95 bits per heavy atom. The number of amides is 2. The zero-order chi connectivity index (χ0) is 15.5. The monoisotopic (exact) mass is 302 g/mol. The van der Waals surface area contributed by atoms with Crippen LogP contribution < -0.4 is 10.2 Å². The first kappa shape index (κ1) is 15.0. The average molecular weight is 302 g/mol. The second-order valence-electron chi connectivity index (χ2n) is 5.95. The SMILES string of the molecule is COCCCNC(=O)C1CC1C(=O)N1CCc2ccccc21. The molecule has 1 heterocycles. The van der Waals surface area contributed by atoms with Crippen molar-refractivity contribution in [2.24, 2.45) is 11.8 Å². The molecule has 5 nitrogen and oxygen atoms in total. The van der Waals surface area contributed by atoms with E-state index < -0.39 is 0 Å². The van der Waals surface area contributed by atoms with Crippen LogP contribution in [-0.4, -0.2) is 38.6 Å². The summed E-state index contributed by atoms with van der Waals surface area (Å²) < 4.78 is 4.95. The Morgan fingerprint density at radius 2 is 2.14 bits per heavy atom. The first-order chi connectivity index (χ1) is 10.7. The van der Waals surface area contributed by atoms with Crippen LogP contribution in [0.25, 0.3) is 0 Å². The summed E-state index contributed by atoms with van der Waals surface area (Å²) in [5.41, 5.74) is 2.23. The molecule has 5 heteroatoms. The molecule has 1 N–H and O–H groups in total. The number of hydrogen-bond acceptors (Lipinski definition) is 3. The molecule has 1 aromatic rings. The first-order valence-corrected chi connectivity index (χ1v) is 7.88. The van der Waals surface area contributed by atoms with Crippen molar-refractivity contribution < 1.29 is 14.3 Å². The van der Waals surface area contributed by atoms with Crippen LogP contribution in [0, 0.1) is 11.8 Å². The number of ether oxygens (including phenoxy) is 1. The fourth-order valence-corrected chi connectivity index (χ4v) is 3.08. The van der Waals surface area contributed by atoms with E-state index in [2.05, 4.69) is 11.4 Å². The summed E-state index contributed by atoms with van der Waals surface area (Å²) in [4.78, 5) is 26.5. The van der Waals surface area contributed by atoms with Gasteiger partial charge in [0.2, 0.25) is 11.8 Å². The number of benzene rings is 1. The van der Waals surface area contributed by atoms with E-state index in [0.717, 1.165) is 25.1 Å². The standard InChI is InChI=1S/C17H22N2O3/c1-22-10-4-8-18-16(20)13-11-14(13)17(21)19-9-7-12-5-2-3-6-15(12)19/h2-3,5-6,13-14H,4,7-11H2,1H3,(H,18,20). The normalized spacial score (nSPS) is 22.3. The molecular formula is C17H22N2O3. The van der Waals surface area contributed by atoms with E-state index in [-0.39, 0.29) is 23.7 Å². The van der Waals surface area contributed by atoms with Gasteiger partial charge in [-0.25, -0.2) is 0 Å². The highest BCUT2D eigenvalue weighted by molar-refractivity contribution is 6.02. The quantitative estimate of drug-likeness (QED) is 0.807. The maximum Gasteiger partial charge on any atom is 0.230 e. The van der Waals surface area contributed by atoms with E-state index >= 15 is 0 Å². The highest BCUT2D eigenvalue weighted by Gasteiger charge is 2.50. The minimum Gasteiger partial charge on any atom is -0.385 e. The van der Waals surface area contributed by atoms with Crippen LogP contribution in [0.4, 0.5) is 5.69 Å². The van der Waals surface area contributed by atoms with Crippen LogP contribution in [-0.2, 0) is 20.7 Å². The number of carbonyl (C=O) groups is 2. The Bertz CT molecular complexity index is 573. The van der Waals surface area contributed by atoms with Crippen molar-refractivity contribution in [2.75, 3.05) is 31.7 Å². The number of carbonyl (C=O) groups excluding carboxylic acids is 2. The molecule has 0 radical (unpaired) electrons. The largest absolute Gasteiger partial charge is 0.385 e. The Balaban J connectivity index is 1.52. The van der Waals surface area contributed by atoms with Gasteiger partial charge in [-0.1, -0.05) is 18.2 Å². The third-order valence-electron chi connectivity index (χ3n) is 4.42. The Morgan fingerprint density at radius 1 is 1.32 bits per heavy atom. The first-order valence-electron chi connectivity index (χ1n) is 7.88. The van der Waals surface area contributed by atoms with Crippen molar-refractivity contribution in [1.82, 2.24) is 5.32 Å². The van der Waals surface area contributed by atoms with Crippen LogP contribution in [0.2, 0.25) is 0 Å². The van der Waals surface area contributed by atoms with Gasteiger partial charge in [-0.2, -0.15) is 0 Å². The van der Waals surface area contributed by atoms with Gasteiger partial charge in [0.25, 0.3) is 0 Å². The van der Waals surface area contributed by atoms with Gasteiger partial charge in [0, 0.05) is 32.5 Å². The predicted molar refractivity (Wildman–Crippen MR) is 83.6 cm³/mol. The number of anilines is 1. The van der Waals surface area contributed by atoms with Gasteiger partial charge in [-0.15, -0.1) is 0 Å². The number of fused-ring (bicyclic) bond motifs is 1. The van der Waals surface area contributed by atoms with Gasteiger partial charge in [0.1, 0.15) is 0 Å². The Kier molecular flexibility index (Phi) is 4.43. The van der Waals surface area contributed by atoms with Gasteiger partial charge >= 0.3 is 0 Å². The molecule has 2 aliphatic rings. The van der Waals surface area contributed by atoms with Crippen molar-refractivity contribution in [1.29, 1.82) is 0 Å². The second kappa shape index (κ2) is 6.48. The molecule has 22 heavy (non-hydrogen) atoms. The highest BCUT2D eigenvalue weighted by Crippen LogP contribution is 2.42. The molecule has 1 saturated carbocycles. The molecule has 1 fully saturated rings. The molecule has 118 valence electrons. The molecule has 1 aliphatic carbocycles. The topological polar surface area (TPSA) is 58.6 Å². The van der Waals surface area contributed by atoms with Crippen molar-refractivity contribution in [3.63, 3.8) is 0 Å². The molecule has 1 aromatic carbocycles. The van der Waals surface area contributed by atoms with E-state index in [1.54, 1.807) is 7.11 Å². The van der Waals surface area contributed by atoms with Gasteiger partial charge < -0.3 is 15.0 Å². The van der Waals surface area contributed by atoms with E-state index in [4.69, 9.17) is 4.74 Å². The zero-order valence-electron chi connectivity index (χ0n) is 12.9. The lowest BCUT2D eigenvalue weighted by Crippen LogP contribution is -2.33. The lowest BCUT2D eigenvalue weighted by molar-refractivity contribution is -0.126. The highest BCUT2D eigenvalue weighted by atomic mass is 16.5. The summed E-state index contributed by atoms with van der Waals surface area (Å²) >= 11 is 0. The molecular weight excluding hydrogens is 280 g/mol. The third kappa shape index (κ3) is 2.99. The zero-order valence-corrected chi connectivity index (χ0v) is 12.9. The van der Waals surface area contributed by atoms with E-state index in [1.807, 2.05) is 23.1 Å². The number of nitrogens with zero attached hydrogens (tertiary/aromatic N) is 1. The molecule has 0 aromatic heterocycles. The van der Waals surface area contributed by atoms with Crippen molar-refractivity contribution in [2.45, 2.75) is 19.3 Å². The van der Waals surface area contributed by atoms with Gasteiger partial charge in [-0.05, 0) is 30.9 Å². The molecule has 2 atom stereocenters. The smallest absolute Gasteiger partial charge is 0.230 e. The summed E-state index contributed by atoms with van der Waals surface area (Å²) in [6.07, 6.45) is 2.38. The molecule has 0 spiro atoms. The number of methoxy groups -OCH3 is 1. The molecule has 2 amide bonds. The van der Waals surface area contributed by atoms with Crippen LogP contribution >= 0.6 is 0 Å². The second-order valence-corrected chi connectivity index (χ2v) is 5.95. The van der Waals surface area contributed by atoms with Gasteiger partial charge in [-0.3, -0.25) is 9.59 Å². The van der Waals surface area contributed by atoms with Crippen molar-refractivity contribution >= 4 is 17.5 Å². The number of rotatable bonds is 6. The minimum atomic E-state index is -0.150. The minimum absolute atomic E-state index is 0.00179. The molecule has 3 rings (SSSR count). The summed E-state index contributed by atoms with van der Waals surface area (Å²) in [6.45, 7) is 1.98. The van der Waals surface area contributed by atoms with Crippen molar-refractivity contribution in [3.8, 4) is 0 Å².